The highest BCUT2D eigenvalue weighted by Gasteiger charge is 2.37. The molecule has 0 aromatic heterocycles. The minimum atomic E-state index is -0.455. The second kappa shape index (κ2) is 5.58. The van der Waals surface area contributed by atoms with Crippen molar-refractivity contribution in [1.82, 2.24) is 0 Å². The summed E-state index contributed by atoms with van der Waals surface area (Å²) in [6.07, 6.45) is 2.58. The highest BCUT2D eigenvalue weighted by molar-refractivity contribution is 5.58. The van der Waals surface area contributed by atoms with E-state index in [9.17, 15) is 20.6 Å². The molecule has 6 nitrogen and oxygen atoms in total. The fourth-order valence-corrected chi connectivity index (χ4v) is 3.13. The number of benzene rings is 1. The number of nitriles is 2. The van der Waals surface area contributed by atoms with Gasteiger partial charge in [-0.05, 0) is 36.3 Å². The lowest BCUT2D eigenvalue weighted by atomic mass is 9.77. The van der Waals surface area contributed by atoms with Crippen LogP contribution in [0.5, 0.6) is 0 Å². The number of allylic oxidation sites excluding steroid dienone is 3. The summed E-state index contributed by atoms with van der Waals surface area (Å²) in [6.45, 7) is 0. The van der Waals surface area contributed by atoms with Crippen molar-refractivity contribution in [2.45, 2.75) is 25.2 Å². The van der Waals surface area contributed by atoms with Crippen LogP contribution in [-0.2, 0) is 0 Å². The van der Waals surface area contributed by atoms with E-state index in [-0.39, 0.29) is 17.3 Å². The number of non-ortho nitro benzene ring substituents is 1. The molecule has 3 rings (SSSR count). The zero-order valence-electron chi connectivity index (χ0n) is 12.3. The maximum absolute atomic E-state index is 11.0. The molecule has 2 aliphatic rings. The molecular weight excluding hydrogens is 292 g/mol. The number of nitro groups is 1. The summed E-state index contributed by atoms with van der Waals surface area (Å²) in [5, 5.41) is 29.8. The van der Waals surface area contributed by atoms with Gasteiger partial charge in [0.15, 0.2) is 0 Å². The van der Waals surface area contributed by atoms with E-state index in [2.05, 4.69) is 12.1 Å². The van der Waals surface area contributed by atoms with Gasteiger partial charge in [-0.25, -0.2) is 0 Å². The predicted octanol–water partition coefficient (Wildman–Crippen LogP) is 3.05. The van der Waals surface area contributed by atoms with E-state index in [1.54, 1.807) is 12.1 Å². The number of hydrogen-bond acceptors (Lipinski definition) is 5. The molecule has 1 unspecified atom stereocenters. The van der Waals surface area contributed by atoms with Crippen LogP contribution in [0.3, 0.4) is 0 Å². The third-order valence-electron chi connectivity index (χ3n) is 4.44. The number of nitrogens with two attached hydrogens (primary N) is 1. The first kappa shape index (κ1) is 14.8. The van der Waals surface area contributed by atoms with E-state index in [1.807, 2.05) is 0 Å². The first-order valence-corrected chi connectivity index (χ1v) is 7.34. The van der Waals surface area contributed by atoms with Gasteiger partial charge in [-0.1, -0.05) is 12.1 Å². The Kier molecular flexibility index (Phi) is 3.59. The van der Waals surface area contributed by atoms with Crippen LogP contribution in [0.2, 0.25) is 0 Å². The van der Waals surface area contributed by atoms with Crippen LogP contribution < -0.4 is 5.73 Å². The molecule has 114 valence electrons. The number of nitrogens with zero attached hydrogens (tertiary/aromatic N) is 3. The van der Waals surface area contributed by atoms with Crippen molar-refractivity contribution in [3.05, 3.63) is 62.4 Å². The molecule has 0 amide bonds. The third kappa shape index (κ3) is 2.56. The monoisotopic (exact) mass is 306 g/mol. The molecule has 1 saturated carbocycles. The minimum absolute atomic E-state index is 0.0126. The molecular formula is C17H14N4O2. The van der Waals surface area contributed by atoms with Crippen LogP contribution in [0, 0.1) is 38.7 Å². The number of hydrogen-bond donors (Lipinski definition) is 1. The maximum atomic E-state index is 11.0. The fourth-order valence-electron chi connectivity index (χ4n) is 3.13. The van der Waals surface area contributed by atoms with E-state index in [1.165, 1.54) is 12.1 Å². The van der Waals surface area contributed by atoms with Crippen molar-refractivity contribution in [2.24, 2.45) is 11.7 Å². The maximum Gasteiger partial charge on any atom is 0.269 e. The minimum Gasteiger partial charge on any atom is -0.397 e. The van der Waals surface area contributed by atoms with E-state index < -0.39 is 4.92 Å². The topological polar surface area (TPSA) is 117 Å². The Morgan fingerprint density at radius 3 is 2.57 bits per heavy atom. The molecule has 2 aliphatic carbocycles. The molecule has 1 atom stereocenters. The Hall–Kier alpha value is -3.12. The summed E-state index contributed by atoms with van der Waals surface area (Å²) in [7, 11) is 0. The van der Waals surface area contributed by atoms with Gasteiger partial charge in [0.1, 0.15) is 6.07 Å². The number of rotatable bonds is 3. The van der Waals surface area contributed by atoms with E-state index in [0.717, 1.165) is 18.4 Å². The zero-order chi connectivity index (χ0) is 16.6. The summed E-state index contributed by atoms with van der Waals surface area (Å²) >= 11 is 0. The standard InChI is InChI=1S/C17H14N4O2/c18-8-15-13(10-4-5-10)7-14(16(9-19)17(15)20)11-2-1-3-12(6-11)21(22)23/h1-3,6,10,14H,4-5,7,20H2. The third-order valence-corrected chi connectivity index (χ3v) is 4.44. The van der Waals surface area contributed by atoms with Crippen LogP contribution in [0.4, 0.5) is 5.69 Å². The second-order valence-electron chi connectivity index (χ2n) is 5.83. The first-order valence-electron chi connectivity index (χ1n) is 7.34. The average Bonchev–Trinajstić information content (AvgIpc) is 3.38. The molecule has 1 aromatic carbocycles. The Morgan fingerprint density at radius 2 is 2.00 bits per heavy atom. The van der Waals surface area contributed by atoms with E-state index >= 15 is 0 Å². The van der Waals surface area contributed by atoms with Gasteiger partial charge < -0.3 is 5.73 Å². The fraction of sp³-hybridized carbons (Fsp3) is 0.294. The molecule has 2 N–H and O–H groups in total. The van der Waals surface area contributed by atoms with Crippen LogP contribution in [0.25, 0.3) is 0 Å². The van der Waals surface area contributed by atoms with Crippen LogP contribution >= 0.6 is 0 Å². The lowest BCUT2D eigenvalue weighted by molar-refractivity contribution is -0.384. The van der Waals surface area contributed by atoms with Crippen molar-refractivity contribution < 1.29 is 4.92 Å². The molecule has 1 aromatic rings. The Morgan fingerprint density at radius 1 is 1.26 bits per heavy atom. The van der Waals surface area contributed by atoms with Crippen molar-refractivity contribution in [1.29, 1.82) is 10.5 Å². The zero-order valence-corrected chi connectivity index (χ0v) is 12.3. The van der Waals surface area contributed by atoms with Crippen LogP contribution in [0.15, 0.2) is 46.7 Å². The molecule has 0 aliphatic heterocycles. The molecule has 1 fully saturated rings. The largest absolute Gasteiger partial charge is 0.397 e. The lowest BCUT2D eigenvalue weighted by Crippen LogP contribution is -2.19. The molecule has 0 spiro atoms. The van der Waals surface area contributed by atoms with E-state index in [4.69, 9.17) is 5.73 Å². The van der Waals surface area contributed by atoms with Gasteiger partial charge in [-0.15, -0.1) is 0 Å². The van der Waals surface area contributed by atoms with Gasteiger partial charge >= 0.3 is 0 Å². The average molecular weight is 306 g/mol. The highest BCUT2D eigenvalue weighted by atomic mass is 16.6. The quantitative estimate of drug-likeness (QED) is 0.680. The van der Waals surface area contributed by atoms with E-state index in [0.29, 0.717) is 29.0 Å². The van der Waals surface area contributed by atoms with Gasteiger partial charge in [-0.3, -0.25) is 10.1 Å². The number of nitro benzene ring substituents is 1. The van der Waals surface area contributed by atoms with Crippen molar-refractivity contribution in [2.75, 3.05) is 0 Å². The van der Waals surface area contributed by atoms with Crippen molar-refractivity contribution >= 4 is 5.69 Å². The summed E-state index contributed by atoms with van der Waals surface area (Å²) in [6, 6.07) is 10.5. The van der Waals surface area contributed by atoms with Gasteiger partial charge in [-0.2, -0.15) is 10.5 Å². The van der Waals surface area contributed by atoms with Gasteiger partial charge in [0.2, 0.25) is 0 Å². The summed E-state index contributed by atoms with van der Waals surface area (Å²) in [5.74, 6) is 0.0252. The highest BCUT2D eigenvalue weighted by Crippen LogP contribution is 2.48. The van der Waals surface area contributed by atoms with Gasteiger partial charge in [0, 0.05) is 18.1 Å². The smallest absolute Gasteiger partial charge is 0.269 e. The molecule has 6 heteroatoms. The molecule has 23 heavy (non-hydrogen) atoms. The molecule has 0 radical (unpaired) electrons. The van der Waals surface area contributed by atoms with Crippen molar-refractivity contribution in [3.8, 4) is 12.1 Å². The normalized spacial score (nSPS) is 20.9. The molecule has 0 heterocycles. The van der Waals surface area contributed by atoms with Crippen LogP contribution in [-0.4, -0.2) is 4.92 Å². The first-order chi connectivity index (χ1) is 11.1. The van der Waals surface area contributed by atoms with Crippen molar-refractivity contribution in [3.63, 3.8) is 0 Å². The molecule has 0 bridgehead atoms. The summed E-state index contributed by atoms with van der Waals surface area (Å²) in [5.41, 5.74) is 8.70. The van der Waals surface area contributed by atoms with Gasteiger partial charge in [0.25, 0.3) is 5.69 Å². The second-order valence-corrected chi connectivity index (χ2v) is 5.83. The molecule has 0 saturated heterocycles. The Balaban J connectivity index is 2.09. The summed E-state index contributed by atoms with van der Waals surface area (Å²) in [4.78, 5) is 10.5. The Labute approximate surface area is 133 Å². The SMILES string of the molecule is N#CC1=C(C2CC2)CC(c2cccc([N+](=O)[O-])c2)C(C#N)=C1N. The Bertz CT molecular complexity index is 835. The van der Waals surface area contributed by atoms with Crippen LogP contribution in [0.1, 0.15) is 30.7 Å². The predicted molar refractivity (Wildman–Crippen MR) is 82.6 cm³/mol. The lowest BCUT2D eigenvalue weighted by Gasteiger charge is -2.26. The van der Waals surface area contributed by atoms with Gasteiger partial charge in [0.05, 0.1) is 27.8 Å². The summed E-state index contributed by atoms with van der Waals surface area (Å²) < 4.78 is 0.